The van der Waals surface area contributed by atoms with Crippen LogP contribution in [0.3, 0.4) is 0 Å². The highest BCUT2D eigenvalue weighted by molar-refractivity contribution is 5.91. The molecule has 2 fully saturated rings. The minimum Gasteiger partial charge on any atom is -0.324 e. The predicted octanol–water partition coefficient (Wildman–Crippen LogP) is 1.81. The molecule has 2 atom stereocenters. The number of carbonyl (C=O) groups excluding carboxylic acids is 1. The van der Waals surface area contributed by atoms with Crippen molar-refractivity contribution in [3.8, 4) is 0 Å². The van der Waals surface area contributed by atoms with Gasteiger partial charge in [-0.1, -0.05) is 20.3 Å². The molecule has 0 aromatic rings. The number of likely N-dealkylation sites (N-methyl/N-ethyl adjacent to an activating group) is 1. The van der Waals surface area contributed by atoms with Crippen LogP contribution >= 0.6 is 0 Å². The monoisotopic (exact) mass is 267 g/mol. The van der Waals surface area contributed by atoms with Gasteiger partial charge >= 0.3 is 0 Å². The first-order valence-electron chi connectivity index (χ1n) is 7.83. The maximum absolute atomic E-state index is 12.5. The Bertz CT molecular complexity index is 327. The van der Waals surface area contributed by atoms with E-state index in [0.29, 0.717) is 11.9 Å². The zero-order valence-corrected chi connectivity index (χ0v) is 12.9. The molecular weight excluding hydrogens is 238 g/mol. The predicted molar refractivity (Wildman–Crippen MR) is 77.9 cm³/mol. The molecule has 1 saturated carbocycles. The van der Waals surface area contributed by atoms with Gasteiger partial charge in [-0.15, -0.1) is 0 Å². The van der Waals surface area contributed by atoms with Crippen LogP contribution in [-0.4, -0.2) is 53.6 Å². The van der Waals surface area contributed by atoms with Crippen molar-refractivity contribution < 1.29 is 4.79 Å². The van der Waals surface area contributed by atoms with Crippen LogP contribution < -0.4 is 5.32 Å². The molecule has 0 bridgehead atoms. The van der Waals surface area contributed by atoms with Crippen molar-refractivity contribution in [3.63, 3.8) is 0 Å². The summed E-state index contributed by atoms with van der Waals surface area (Å²) in [6.45, 7) is 8.48. The van der Waals surface area contributed by atoms with Crippen molar-refractivity contribution in [1.82, 2.24) is 15.1 Å². The first-order valence-corrected chi connectivity index (χ1v) is 7.83. The third kappa shape index (κ3) is 2.95. The van der Waals surface area contributed by atoms with Crippen molar-refractivity contribution in [2.45, 2.75) is 70.6 Å². The number of hydrogen-bond donors (Lipinski definition) is 1. The van der Waals surface area contributed by atoms with Gasteiger partial charge in [0.15, 0.2) is 0 Å². The molecule has 2 unspecified atom stereocenters. The Morgan fingerprint density at radius 3 is 2.68 bits per heavy atom. The summed E-state index contributed by atoms with van der Waals surface area (Å²) in [5.41, 5.74) is -0.158. The molecule has 0 aromatic carbocycles. The van der Waals surface area contributed by atoms with Gasteiger partial charge in [-0.2, -0.15) is 0 Å². The zero-order valence-electron chi connectivity index (χ0n) is 12.9. The number of carbonyl (C=O) groups is 1. The van der Waals surface area contributed by atoms with E-state index in [0.717, 1.165) is 45.2 Å². The Morgan fingerprint density at radius 2 is 2.16 bits per heavy atom. The third-order valence-electron chi connectivity index (χ3n) is 4.84. The number of rotatable bonds is 7. The summed E-state index contributed by atoms with van der Waals surface area (Å²) in [7, 11) is 2.16. The highest BCUT2D eigenvalue weighted by atomic mass is 16.2. The Kier molecular flexibility index (Phi) is 4.51. The second-order valence-corrected chi connectivity index (χ2v) is 6.27. The molecule has 1 aliphatic carbocycles. The summed E-state index contributed by atoms with van der Waals surface area (Å²) < 4.78 is 0. The lowest BCUT2D eigenvalue weighted by Gasteiger charge is -2.29. The summed E-state index contributed by atoms with van der Waals surface area (Å²) >= 11 is 0. The fraction of sp³-hybridized carbons (Fsp3) is 0.933. The smallest absolute Gasteiger partial charge is 0.244 e. The van der Waals surface area contributed by atoms with Gasteiger partial charge in [0.25, 0.3) is 0 Å². The molecule has 4 heteroatoms. The summed E-state index contributed by atoms with van der Waals surface area (Å²) in [6.07, 6.45) is 5.68. The average molecular weight is 267 g/mol. The van der Waals surface area contributed by atoms with Gasteiger partial charge in [0.1, 0.15) is 0 Å². The molecule has 110 valence electrons. The first kappa shape index (κ1) is 14.8. The SMILES string of the molecule is CCCC1NC2(CC2)C(=O)N1CCN(C)C(C)CC. The van der Waals surface area contributed by atoms with Crippen molar-refractivity contribution >= 4 is 5.91 Å². The van der Waals surface area contributed by atoms with Crippen LogP contribution in [0, 0.1) is 0 Å². The van der Waals surface area contributed by atoms with E-state index in [1.165, 1.54) is 0 Å². The number of hydrogen-bond acceptors (Lipinski definition) is 3. The van der Waals surface area contributed by atoms with Gasteiger partial charge in [0.05, 0.1) is 11.7 Å². The molecule has 1 spiro atoms. The summed E-state index contributed by atoms with van der Waals surface area (Å²) in [5, 5.41) is 3.57. The van der Waals surface area contributed by atoms with E-state index in [1.807, 2.05) is 0 Å². The highest BCUT2D eigenvalue weighted by Gasteiger charge is 2.58. The van der Waals surface area contributed by atoms with Crippen LogP contribution in [-0.2, 0) is 4.79 Å². The average Bonchev–Trinajstić information content (AvgIpc) is 3.13. The topological polar surface area (TPSA) is 35.6 Å². The minimum absolute atomic E-state index is 0.158. The maximum atomic E-state index is 12.5. The molecule has 0 radical (unpaired) electrons. The van der Waals surface area contributed by atoms with Gasteiger partial charge < -0.3 is 9.80 Å². The van der Waals surface area contributed by atoms with Crippen LogP contribution in [0.1, 0.15) is 52.9 Å². The standard InChI is InChI=1S/C15H29N3O/c1-5-7-13-16-15(8-9-15)14(19)18(13)11-10-17(4)12(3)6-2/h12-13,16H,5-11H2,1-4H3. The molecule has 1 aliphatic heterocycles. The van der Waals surface area contributed by atoms with Crippen molar-refractivity contribution in [2.75, 3.05) is 20.1 Å². The molecule has 1 N–H and O–H groups in total. The molecule has 0 aromatic heterocycles. The van der Waals surface area contributed by atoms with Crippen LogP contribution in [0.15, 0.2) is 0 Å². The van der Waals surface area contributed by atoms with Crippen LogP contribution in [0.5, 0.6) is 0 Å². The lowest BCUT2D eigenvalue weighted by atomic mass is 10.2. The Labute approximate surface area is 117 Å². The summed E-state index contributed by atoms with van der Waals surface area (Å²) in [4.78, 5) is 16.9. The number of nitrogens with one attached hydrogen (secondary N) is 1. The number of amides is 1. The van der Waals surface area contributed by atoms with E-state index in [1.54, 1.807) is 0 Å². The second-order valence-electron chi connectivity index (χ2n) is 6.27. The van der Waals surface area contributed by atoms with E-state index in [2.05, 4.69) is 42.9 Å². The Hall–Kier alpha value is -0.610. The summed E-state index contributed by atoms with van der Waals surface area (Å²) in [6, 6.07) is 0.588. The third-order valence-corrected chi connectivity index (χ3v) is 4.84. The molecule has 1 amide bonds. The minimum atomic E-state index is -0.158. The molecule has 1 saturated heterocycles. The van der Waals surface area contributed by atoms with E-state index in [4.69, 9.17) is 0 Å². The van der Waals surface area contributed by atoms with Crippen molar-refractivity contribution in [1.29, 1.82) is 0 Å². The molecule has 4 nitrogen and oxygen atoms in total. The zero-order chi connectivity index (χ0) is 14.0. The van der Waals surface area contributed by atoms with Crippen molar-refractivity contribution in [3.05, 3.63) is 0 Å². The van der Waals surface area contributed by atoms with Gasteiger partial charge in [-0.3, -0.25) is 10.1 Å². The van der Waals surface area contributed by atoms with Gasteiger partial charge in [0.2, 0.25) is 5.91 Å². The van der Waals surface area contributed by atoms with Crippen LogP contribution in [0.25, 0.3) is 0 Å². The van der Waals surface area contributed by atoms with Gasteiger partial charge in [-0.05, 0) is 39.7 Å². The number of nitrogens with zero attached hydrogens (tertiary/aromatic N) is 2. The normalized spacial score (nSPS) is 26.5. The van der Waals surface area contributed by atoms with E-state index in [9.17, 15) is 4.79 Å². The first-order chi connectivity index (χ1) is 9.04. The van der Waals surface area contributed by atoms with E-state index >= 15 is 0 Å². The Morgan fingerprint density at radius 1 is 1.47 bits per heavy atom. The maximum Gasteiger partial charge on any atom is 0.244 e. The van der Waals surface area contributed by atoms with Gasteiger partial charge in [-0.25, -0.2) is 0 Å². The molecule has 1 heterocycles. The van der Waals surface area contributed by atoms with Gasteiger partial charge in [0, 0.05) is 19.1 Å². The lowest BCUT2D eigenvalue weighted by molar-refractivity contribution is -0.131. The van der Waals surface area contributed by atoms with Crippen LogP contribution in [0.2, 0.25) is 0 Å². The molecule has 2 rings (SSSR count). The fourth-order valence-electron chi connectivity index (χ4n) is 2.91. The fourth-order valence-corrected chi connectivity index (χ4v) is 2.91. The van der Waals surface area contributed by atoms with Crippen LogP contribution in [0.4, 0.5) is 0 Å². The molecule has 2 aliphatic rings. The largest absolute Gasteiger partial charge is 0.324 e. The Balaban J connectivity index is 1.91. The van der Waals surface area contributed by atoms with Crippen molar-refractivity contribution in [2.24, 2.45) is 0 Å². The molecule has 19 heavy (non-hydrogen) atoms. The lowest BCUT2D eigenvalue weighted by Crippen LogP contribution is -2.43. The van der Waals surface area contributed by atoms with E-state index in [-0.39, 0.29) is 11.7 Å². The van der Waals surface area contributed by atoms with E-state index < -0.39 is 0 Å². The quantitative estimate of drug-likeness (QED) is 0.764. The molecular formula is C15H29N3O. The second kappa shape index (κ2) is 5.80. The summed E-state index contributed by atoms with van der Waals surface area (Å²) in [5.74, 6) is 0.350. The highest BCUT2D eigenvalue weighted by Crippen LogP contribution is 2.42.